The smallest absolute Gasteiger partial charge is 0.0657 e. The van der Waals surface area contributed by atoms with Gasteiger partial charge in [0.2, 0.25) is 0 Å². The van der Waals surface area contributed by atoms with E-state index in [0.29, 0.717) is 18.6 Å². The molecule has 1 aromatic carbocycles. The highest BCUT2D eigenvalue weighted by Crippen LogP contribution is 2.16. The van der Waals surface area contributed by atoms with Crippen LogP contribution in [0.15, 0.2) is 30.3 Å². The summed E-state index contributed by atoms with van der Waals surface area (Å²) in [6.45, 7) is 7.48. The van der Waals surface area contributed by atoms with Gasteiger partial charge in [-0.05, 0) is 18.4 Å². The predicted molar refractivity (Wildman–Crippen MR) is 73.1 cm³/mol. The maximum absolute atomic E-state index is 5.31. The van der Waals surface area contributed by atoms with E-state index in [-0.39, 0.29) is 6.04 Å². The minimum absolute atomic E-state index is 0.283. The molecule has 0 aliphatic heterocycles. The Bertz CT molecular complexity index is 299. The topological polar surface area (TPSA) is 21.3 Å². The Morgan fingerprint density at radius 3 is 2.35 bits per heavy atom. The van der Waals surface area contributed by atoms with Gasteiger partial charge >= 0.3 is 0 Å². The molecule has 0 fully saturated rings. The van der Waals surface area contributed by atoms with Crippen molar-refractivity contribution in [2.45, 2.75) is 39.3 Å². The second-order valence-electron chi connectivity index (χ2n) is 4.76. The molecule has 0 radical (unpaired) electrons. The Hall–Kier alpha value is -0.860. The molecule has 0 aliphatic carbocycles. The van der Waals surface area contributed by atoms with Crippen LogP contribution < -0.4 is 5.32 Å². The van der Waals surface area contributed by atoms with Crippen molar-refractivity contribution in [2.75, 3.05) is 13.7 Å². The summed E-state index contributed by atoms with van der Waals surface area (Å²) < 4.78 is 5.31. The molecule has 0 spiro atoms. The lowest BCUT2D eigenvalue weighted by atomic mass is 9.98. The minimum Gasteiger partial charge on any atom is -0.383 e. The SMILES string of the molecule is CCC(C)C(C)NC(COC)c1ccccc1. The molecule has 1 aromatic rings. The lowest BCUT2D eigenvalue weighted by Gasteiger charge is -2.26. The molecular formula is C15H25NO. The number of benzene rings is 1. The maximum atomic E-state index is 5.31. The molecule has 17 heavy (non-hydrogen) atoms. The summed E-state index contributed by atoms with van der Waals surface area (Å²) in [5.74, 6) is 0.679. The number of nitrogens with one attached hydrogen (secondary N) is 1. The number of ether oxygens (including phenoxy) is 1. The average molecular weight is 235 g/mol. The molecule has 96 valence electrons. The van der Waals surface area contributed by atoms with E-state index >= 15 is 0 Å². The molecule has 2 heteroatoms. The van der Waals surface area contributed by atoms with Crippen molar-refractivity contribution in [3.05, 3.63) is 35.9 Å². The third kappa shape index (κ3) is 4.49. The van der Waals surface area contributed by atoms with E-state index in [1.54, 1.807) is 7.11 Å². The Morgan fingerprint density at radius 2 is 1.82 bits per heavy atom. The van der Waals surface area contributed by atoms with E-state index in [1.165, 1.54) is 12.0 Å². The van der Waals surface area contributed by atoms with Crippen molar-refractivity contribution in [3.63, 3.8) is 0 Å². The van der Waals surface area contributed by atoms with Crippen molar-refractivity contribution in [1.82, 2.24) is 5.32 Å². The quantitative estimate of drug-likeness (QED) is 0.782. The highest BCUT2D eigenvalue weighted by molar-refractivity contribution is 5.19. The fraction of sp³-hybridized carbons (Fsp3) is 0.600. The van der Waals surface area contributed by atoms with Crippen molar-refractivity contribution < 1.29 is 4.74 Å². The van der Waals surface area contributed by atoms with E-state index < -0.39 is 0 Å². The van der Waals surface area contributed by atoms with Gasteiger partial charge in [0.05, 0.1) is 12.6 Å². The zero-order chi connectivity index (χ0) is 12.7. The third-order valence-corrected chi connectivity index (χ3v) is 3.50. The molecule has 0 aliphatic rings. The largest absolute Gasteiger partial charge is 0.383 e. The Labute approximate surface area is 105 Å². The monoisotopic (exact) mass is 235 g/mol. The molecule has 0 saturated carbocycles. The molecule has 3 atom stereocenters. The van der Waals surface area contributed by atoms with Gasteiger partial charge < -0.3 is 10.1 Å². The summed E-state index contributed by atoms with van der Waals surface area (Å²) in [4.78, 5) is 0. The van der Waals surface area contributed by atoms with Crippen molar-refractivity contribution in [3.8, 4) is 0 Å². The van der Waals surface area contributed by atoms with E-state index in [1.807, 2.05) is 6.07 Å². The van der Waals surface area contributed by atoms with E-state index in [0.717, 1.165) is 0 Å². The number of rotatable bonds is 7. The molecule has 1 N–H and O–H groups in total. The van der Waals surface area contributed by atoms with Crippen LogP contribution in [0.5, 0.6) is 0 Å². The van der Waals surface area contributed by atoms with Gasteiger partial charge in [-0.2, -0.15) is 0 Å². The van der Waals surface area contributed by atoms with Crippen LogP contribution in [0, 0.1) is 5.92 Å². The highest BCUT2D eigenvalue weighted by Gasteiger charge is 2.17. The molecule has 2 nitrogen and oxygen atoms in total. The number of hydrogen-bond acceptors (Lipinski definition) is 2. The van der Waals surface area contributed by atoms with Crippen LogP contribution in [0.4, 0.5) is 0 Å². The Kier molecular flexibility index (Phi) is 6.23. The first-order valence-electron chi connectivity index (χ1n) is 6.49. The summed E-state index contributed by atoms with van der Waals surface area (Å²) in [7, 11) is 1.76. The molecule has 0 aromatic heterocycles. The second-order valence-corrected chi connectivity index (χ2v) is 4.76. The van der Waals surface area contributed by atoms with Gasteiger partial charge in [-0.25, -0.2) is 0 Å². The highest BCUT2D eigenvalue weighted by atomic mass is 16.5. The van der Waals surface area contributed by atoms with Crippen LogP contribution in [-0.4, -0.2) is 19.8 Å². The molecule has 0 bridgehead atoms. The maximum Gasteiger partial charge on any atom is 0.0657 e. The fourth-order valence-corrected chi connectivity index (χ4v) is 1.93. The molecular weight excluding hydrogens is 210 g/mol. The van der Waals surface area contributed by atoms with E-state index in [4.69, 9.17) is 4.74 Å². The molecule has 0 heterocycles. The van der Waals surface area contributed by atoms with Gasteiger partial charge in [0.15, 0.2) is 0 Å². The third-order valence-electron chi connectivity index (χ3n) is 3.50. The van der Waals surface area contributed by atoms with Crippen molar-refractivity contribution in [2.24, 2.45) is 5.92 Å². The number of hydrogen-bond donors (Lipinski definition) is 1. The van der Waals surface area contributed by atoms with E-state index in [2.05, 4.69) is 50.4 Å². The van der Waals surface area contributed by atoms with Gasteiger partial charge in [0.1, 0.15) is 0 Å². The minimum atomic E-state index is 0.283. The van der Waals surface area contributed by atoms with Gasteiger partial charge in [0.25, 0.3) is 0 Å². The van der Waals surface area contributed by atoms with Crippen LogP contribution in [0.3, 0.4) is 0 Å². The average Bonchev–Trinajstić information content (AvgIpc) is 2.38. The van der Waals surface area contributed by atoms with Crippen LogP contribution >= 0.6 is 0 Å². The fourth-order valence-electron chi connectivity index (χ4n) is 1.93. The molecule has 0 amide bonds. The van der Waals surface area contributed by atoms with E-state index in [9.17, 15) is 0 Å². The lowest BCUT2D eigenvalue weighted by molar-refractivity contribution is 0.156. The van der Waals surface area contributed by atoms with Gasteiger partial charge in [-0.1, -0.05) is 50.6 Å². The summed E-state index contributed by atoms with van der Waals surface area (Å²) in [5, 5.41) is 3.66. The van der Waals surface area contributed by atoms with Crippen molar-refractivity contribution >= 4 is 0 Å². The molecule has 1 rings (SSSR count). The Balaban J connectivity index is 2.67. The van der Waals surface area contributed by atoms with Crippen LogP contribution in [0.1, 0.15) is 38.8 Å². The van der Waals surface area contributed by atoms with Gasteiger partial charge in [0, 0.05) is 13.2 Å². The first-order chi connectivity index (χ1) is 8.19. The summed E-state index contributed by atoms with van der Waals surface area (Å²) in [6, 6.07) is 11.3. The molecule has 3 unspecified atom stereocenters. The summed E-state index contributed by atoms with van der Waals surface area (Å²) in [5.41, 5.74) is 1.30. The summed E-state index contributed by atoms with van der Waals surface area (Å²) >= 11 is 0. The second kappa shape index (κ2) is 7.46. The van der Waals surface area contributed by atoms with Crippen molar-refractivity contribution in [1.29, 1.82) is 0 Å². The number of methoxy groups -OCH3 is 1. The van der Waals surface area contributed by atoms with Gasteiger partial charge in [-0.3, -0.25) is 0 Å². The van der Waals surface area contributed by atoms with Crippen LogP contribution in [0.25, 0.3) is 0 Å². The van der Waals surface area contributed by atoms with Crippen LogP contribution in [-0.2, 0) is 4.74 Å². The zero-order valence-corrected chi connectivity index (χ0v) is 11.4. The predicted octanol–water partition coefficient (Wildman–Crippen LogP) is 3.40. The first-order valence-corrected chi connectivity index (χ1v) is 6.49. The zero-order valence-electron chi connectivity index (χ0n) is 11.4. The lowest BCUT2D eigenvalue weighted by Crippen LogP contribution is -2.37. The van der Waals surface area contributed by atoms with Crippen LogP contribution in [0.2, 0.25) is 0 Å². The first kappa shape index (κ1) is 14.2. The summed E-state index contributed by atoms with van der Waals surface area (Å²) in [6.07, 6.45) is 1.20. The van der Waals surface area contributed by atoms with Gasteiger partial charge in [-0.15, -0.1) is 0 Å². The Morgan fingerprint density at radius 1 is 1.18 bits per heavy atom. The normalized spacial score (nSPS) is 16.5. The standard InChI is InChI=1S/C15H25NO/c1-5-12(2)13(3)16-15(11-17-4)14-9-7-6-8-10-14/h6-10,12-13,15-16H,5,11H2,1-4H3. The molecule has 0 saturated heterocycles.